The molecule has 0 fully saturated rings. The van der Waals surface area contributed by atoms with Crippen LogP contribution in [0.2, 0.25) is 0 Å². The van der Waals surface area contributed by atoms with Gasteiger partial charge >= 0.3 is 39.5 Å². The summed E-state index contributed by atoms with van der Waals surface area (Å²) in [6.07, 6.45) is 51.7. The lowest BCUT2D eigenvalue weighted by Crippen LogP contribution is -2.30. The van der Waals surface area contributed by atoms with E-state index >= 15 is 0 Å². The number of carbonyl (C=O) groups excluding carboxylic acids is 4. The minimum Gasteiger partial charge on any atom is -0.462 e. The van der Waals surface area contributed by atoms with Crippen LogP contribution in [0, 0.1) is 23.7 Å². The van der Waals surface area contributed by atoms with Crippen molar-refractivity contribution in [3.05, 3.63) is 0 Å². The molecule has 0 aromatic rings. The largest absolute Gasteiger partial charge is 0.472 e. The van der Waals surface area contributed by atoms with Crippen LogP contribution in [0.1, 0.15) is 389 Å². The van der Waals surface area contributed by atoms with Gasteiger partial charge < -0.3 is 33.8 Å². The molecule has 0 saturated carbocycles. The van der Waals surface area contributed by atoms with E-state index in [2.05, 4.69) is 55.4 Å². The lowest BCUT2D eigenvalue weighted by atomic mass is 9.99. The van der Waals surface area contributed by atoms with E-state index in [0.717, 1.165) is 108 Å². The molecule has 0 heterocycles. The first kappa shape index (κ1) is 94.1. The van der Waals surface area contributed by atoms with Crippen molar-refractivity contribution in [2.24, 2.45) is 23.7 Å². The first-order chi connectivity index (χ1) is 46.1. The summed E-state index contributed by atoms with van der Waals surface area (Å²) in [5.74, 6) is 0.900. The highest BCUT2D eigenvalue weighted by atomic mass is 31.2. The fraction of sp³-hybridized carbons (Fsp3) is 0.948. The fourth-order valence-corrected chi connectivity index (χ4v) is 13.3. The van der Waals surface area contributed by atoms with Gasteiger partial charge in [-0.2, -0.15) is 0 Å². The van der Waals surface area contributed by atoms with E-state index in [9.17, 15) is 43.2 Å². The van der Waals surface area contributed by atoms with Crippen LogP contribution >= 0.6 is 15.6 Å². The summed E-state index contributed by atoms with van der Waals surface area (Å²) >= 11 is 0. The van der Waals surface area contributed by atoms with Crippen LogP contribution in [-0.2, 0) is 65.4 Å². The van der Waals surface area contributed by atoms with E-state index in [4.69, 9.17) is 37.0 Å². The zero-order valence-corrected chi connectivity index (χ0v) is 64.8. The molecule has 0 spiro atoms. The standard InChI is InChI=1S/C77H150O17P2/c1-9-70(8)56-48-40-31-25-21-16-14-12-10-11-13-15-17-22-26-32-41-49-57-74(79)87-63-72(93-76(81)59-51-43-33-27-23-19-18-20-24-29-37-45-53-67(2)3)65-91-95(83,84)89-61-71(78)62-90-96(85,86)92-66-73(64-88-75(80)58-50-42-36-35-39-47-55-69(6)7)94-77(82)60-52-44-34-28-30-38-46-54-68(4)5/h67-73,78H,9-66H2,1-8H3,(H,83,84)(H,85,86)/t70?,71-,72-,73-/m1/s1. The minimum absolute atomic E-state index is 0.102. The summed E-state index contributed by atoms with van der Waals surface area (Å²) in [5.41, 5.74) is 0. The molecule has 3 unspecified atom stereocenters. The van der Waals surface area contributed by atoms with E-state index < -0.39 is 97.5 Å². The Morgan fingerprint density at radius 2 is 0.500 bits per heavy atom. The van der Waals surface area contributed by atoms with Crippen molar-refractivity contribution < 1.29 is 80.2 Å². The summed E-state index contributed by atoms with van der Waals surface area (Å²) < 4.78 is 68.4. The second kappa shape index (κ2) is 66.3. The van der Waals surface area contributed by atoms with Crippen LogP contribution in [0.3, 0.4) is 0 Å². The van der Waals surface area contributed by atoms with Crippen LogP contribution in [0.4, 0.5) is 0 Å². The Morgan fingerprint density at radius 1 is 0.292 bits per heavy atom. The summed E-state index contributed by atoms with van der Waals surface area (Å²) in [7, 11) is -9.91. The Kier molecular flexibility index (Phi) is 65.0. The van der Waals surface area contributed by atoms with Crippen molar-refractivity contribution in [2.45, 2.75) is 408 Å². The Balaban J connectivity index is 5.16. The number of aliphatic hydroxyl groups excluding tert-OH is 1. The van der Waals surface area contributed by atoms with Gasteiger partial charge in [0.25, 0.3) is 0 Å². The predicted octanol–water partition coefficient (Wildman–Crippen LogP) is 22.4. The fourth-order valence-electron chi connectivity index (χ4n) is 11.7. The highest BCUT2D eigenvalue weighted by Gasteiger charge is 2.30. The molecular formula is C77H150O17P2. The van der Waals surface area contributed by atoms with E-state index in [1.807, 2.05) is 0 Å². The quantitative estimate of drug-likeness (QED) is 0.0222. The Bertz CT molecular complexity index is 1890. The van der Waals surface area contributed by atoms with Gasteiger partial charge in [-0.3, -0.25) is 37.3 Å². The van der Waals surface area contributed by atoms with Crippen LogP contribution in [0.25, 0.3) is 0 Å². The maximum absolute atomic E-state index is 13.1. The van der Waals surface area contributed by atoms with Crippen molar-refractivity contribution in [1.82, 2.24) is 0 Å². The highest BCUT2D eigenvalue weighted by molar-refractivity contribution is 7.47. The van der Waals surface area contributed by atoms with Gasteiger partial charge in [-0.25, -0.2) is 9.13 Å². The summed E-state index contributed by atoms with van der Waals surface area (Å²) in [6.45, 7) is 14.1. The number of unbranched alkanes of at least 4 members (excludes halogenated alkanes) is 39. The van der Waals surface area contributed by atoms with Gasteiger partial charge in [0.1, 0.15) is 19.3 Å². The number of phosphoric ester groups is 2. The van der Waals surface area contributed by atoms with Gasteiger partial charge in [0.2, 0.25) is 0 Å². The van der Waals surface area contributed by atoms with Crippen molar-refractivity contribution in [3.8, 4) is 0 Å². The average molecular weight is 1410 g/mol. The number of aliphatic hydroxyl groups is 1. The van der Waals surface area contributed by atoms with Crippen LogP contribution in [0.15, 0.2) is 0 Å². The van der Waals surface area contributed by atoms with E-state index in [0.29, 0.717) is 37.5 Å². The Morgan fingerprint density at radius 3 is 0.740 bits per heavy atom. The van der Waals surface area contributed by atoms with Crippen molar-refractivity contribution in [2.75, 3.05) is 39.6 Å². The maximum Gasteiger partial charge on any atom is 0.472 e. The molecule has 0 bridgehead atoms. The van der Waals surface area contributed by atoms with Gasteiger partial charge in [0.15, 0.2) is 12.2 Å². The zero-order chi connectivity index (χ0) is 71.0. The molecule has 96 heavy (non-hydrogen) atoms. The third kappa shape index (κ3) is 69.2. The van der Waals surface area contributed by atoms with Crippen molar-refractivity contribution >= 4 is 39.5 Å². The number of rotatable bonds is 74. The number of hydrogen-bond donors (Lipinski definition) is 3. The summed E-state index contributed by atoms with van der Waals surface area (Å²) in [4.78, 5) is 72.7. The number of ether oxygens (including phenoxy) is 4. The van der Waals surface area contributed by atoms with Gasteiger partial charge in [0, 0.05) is 25.7 Å². The highest BCUT2D eigenvalue weighted by Crippen LogP contribution is 2.45. The number of esters is 4. The Hall–Kier alpha value is -1.94. The monoisotopic (exact) mass is 1410 g/mol. The van der Waals surface area contributed by atoms with Gasteiger partial charge in [-0.05, 0) is 49.4 Å². The first-order valence-electron chi connectivity index (χ1n) is 39.7. The first-order valence-corrected chi connectivity index (χ1v) is 42.7. The molecule has 19 heteroatoms. The van der Waals surface area contributed by atoms with E-state index in [1.54, 1.807) is 0 Å². The molecule has 0 amide bonds. The molecule has 3 N–H and O–H groups in total. The molecule has 0 aromatic carbocycles. The molecule has 0 radical (unpaired) electrons. The molecule has 0 aliphatic heterocycles. The number of phosphoric acid groups is 2. The molecular weight excluding hydrogens is 1260 g/mol. The number of carbonyl (C=O) groups is 4. The normalized spacial score (nSPS) is 14.4. The van der Waals surface area contributed by atoms with E-state index in [-0.39, 0.29) is 25.7 Å². The van der Waals surface area contributed by atoms with Crippen LogP contribution in [0.5, 0.6) is 0 Å². The minimum atomic E-state index is -4.96. The predicted molar refractivity (Wildman–Crippen MR) is 391 cm³/mol. The van der Waals surface area contributed by atoms with Crippen LogP contribution < -0.4 is 0 Å². The van der Waals surface area contributed by atoms with Gasteiger partial charge in [0.05, 0.1) is 26.4 Å². The second-order valence-corrected chi connectivity index (χ2v) is 32.3. The zero-order valence-electron chi connectivity index (χ0n) is 63.0. The lowest BCUT2D eigenvalue weighted by Gasteiger charge is -2.21. The second-order valence-electron chi connectivity index (χ2n) is 29.4. The molecule has 17 nitrogen and oxygen atoms in total. The van der Waals surface area contributed by atoms with Crippen LogP contribution in [-0.4, -0.2) is 96.7 Å². The van der Waals surface area contributed by atoms with Crippen molar-refractivity contribution in [1.29, 1.82) is 0 Å². The molecule has 0 aliphatic rings. The van der Waals surface area contributed by atoms with Gasteiger partial charge in [-0.15, -0.1) is 0 Å². The third-order valence-electron chi connectivity index (χ3n) is 18.2. The smallest absolute Gasteiger partial charge is 0.462 e. The molecule has 0 rings (SSSR count). The Labute approximate surface area is 588 Å². The lowest BCUT2D eigenvalue weighted by molar-refractivity contribution is -0.161. The average Bonchev–Trinajstić information content (AvgIpc) is 1.28. The number of hydrogen-bond acceptors (Lipinski definition) is 15. The SMILES string of the molecule is CCC(C)CCCCCCCCCCCCCCCCCCCCC(=O)OC[C@H](COP(=O)(O)OC[C@@H](O)COP(=O)(O)OC[C@@H](COC(=O)CCCCCCCCC(C)C)OC(=O)CCCCCCCCCC(C)C)OC(=O)CCCCCCCCCCCCCCC(C)C. The molecule has 0 saturated heterocycles. The third-order valence-corrected chi connectivity index (χ3v) is 20.1. The summed E-state index contributed by atoms with van der Waals surface area (Å²) in [5, 5.41) is 10.6. The van der Waals surface area contributed by atoms with Gasteiger partial charge in [-0.1, -0.05) is 338 Å². The molecule has 0 aliphatic carbocycles. The molecule has 0 aromatic heterocycles. The maximum atomic E-state index is 13.1. The summed E-state index contributed by atoms with van der Waals surface area (Å²) in [6, 6.07) is 0. The molecule has 570 valence electrons. The van der Waals surface area contributed by atoms with E-state index in [1.165, 1.54) is 186 Å². The van der Waals surface area contributed by atoms with Crippen molar-refractivity contribution in [3.63, 3.8) is 0 Å². The topological polar surface area (TPSA) is 237 Å². The molecule has 6 atom stereocenters.